The van der Waals surface area contributed by atoms with Crippen LogP contribution < -0.4 is 16.0 Å². The molecule has 6 nitrogen and oxygen atoms in total. The first-order valence-corrected chi connectivity index (χ1v) is 12.1. The molecular formula is C25H30F2N4O2S. The zero-order valence-electron chi connectivity index (χ0n) is 19.4. The number of amidine groups is 1. The largest absolute Gasteiger partial charge is 0.448 e. The third kappa shape index (κ3) is 6.88. The third-order valence-electron chi connectivity index (χ3n) is 5.24. The lowest BCUT2D eigenvalue weighted by Gasteiger charge is -2.32. The highest BCUT2D eigenvalue weighted by Gasteiger charge is 2.39. The summed E-state index contributed by atoms with van der Waals surface area (Å²) in [4.78, 5) is 17.5. The van der Waals surface area contributed by atoms with Gasteiger partial charge in [-0.3, -0.25) is 5.32 Å². The van der Waals surface area contributed by atoms with Crippen LogP contribution in [0.2, 0.25) is 0 Å². The van der Waals surface area contributed by atoms with E-state index >= 15 is 0 Å². The molecule has 2 aromatic carbocycles. The van der Waals surface area contributed by atoms with E-state index in [2.05, 4.69) is 29.4 Å². The zero-order valence-corrected chi connectivity index (χ0v) is 20.2. The van der Waals surface area contributed by atoms with Crippen molar-refractivity contribution in [3.05, 3.63) is 77.5 Å². The number of hydrogen-bond acceptors (Lipinski definition) is 7. The molecular weight excluding hydrogens is 458 g/mol. The van der Waals surface area contributed by atoms with Gasteiger partial charge in [-0.25, -0.2) is 18.6 Å². The Morgan fingerprint density at radius 3 is 2.65 bits per heavy atom. The normalized spacial score (nSPS) is 15.1. The number of nitrogens with zero attached hydrogens (tertiary/aromatic N) is 2. The average molecular weight is 489 g/mol. The SMILES string of the molecule is CCC[C@](N)(SC1=NC=CCN1c1cc(F)cc(F)c1)C(=O)OCNCc1cccc(CC)c1. The van der Waals surface area contributed by atoms with Crippen molar-refractivity contribution in [3.63, 3.8) is 0 Å². The molecule has 1 aliphatic rings. The summed E-state index contributed by atoms with van der Waals surface area (Å²) in [6.07, 6.45) is 5.25. The van der Waals surface area contributed by atoms with E-state index < -0.39 is 22.5 Å². The number of carbonyl (C=O) groups is 1. The molecule has 1 atom stereocenters. The fourth-order valence-corrected chi connectivity index (χ4v) is 4.71. The van der Waals surface area contributed by atoms with Gasteiger partial charge in [-0.05, 0) is 42.2 Å². The lowest BCUT2D eigenvalue weighted by atomic mass is 10.1. The number of halogens is 2. The number of hydrogen-bond donors (Lipinski definition) is 2. The predicted octanol–water partition coefficient (Wildman–Crippen LogP) is 4.70. The van der Waals surface area contributed by atoms with Crippen LogP contribution in [0.5, 0.6) is 0 Å². The Labute approximate surface area is 203 Å². The summed E-state index contributed by atoms with van der Waals surface area (Å²) >= 11 is 1.03. The van der Waals surface area contributed by atoms with Gasteiger partial charge in [0.25, 0.3) is 0 Å². The summed E-state index contributed by atoms with van der Waals surface area (Å²) in [6, 6.07) is 11.4. The predicted molar refractivity (Wildman–Crippen MR) is 133 cm³/mol. The summed E-state index contributed by atoms with van der Waals surface area (Å²) in [5, 5.41) is 3.47. The van der Waals surface area contributed by atoms with Crippen molar-refractivity contribution in [1.29, 1.82) is 0 Å². The number of nitrogens with two attached hydrogens (primary N) is 1. The van der Waals surface area contributed by atoms with Crippen LogP contribution in [-0.4, -0.2) is 29.3 Å². The Bertz CT molecular complexity index is 1040. The van der Waals surface area contributed by atoms with Gasteiger partial charge >= 0.3 is 5.97 Å². The summed E-state index contributed by atoms with van der Waals surface area (Å²) in [5.41, 5.74) is 9.12. The van der Waals surface area contributed by atoms with E-state index in [4.69, 9.17) is 10.5 Å². The van der Waals surface area contributed by atoms with Crippen molar-refractivity contribution in [2.24, 2.45) is 10.7 Å². The van der Waals surface area contributed by atoms with Crippen LogP contribution >= 0.6 is 11.8 Å². The molecule has 0 bridgehead atoms. The molecule has 0 saturated heterocycles. The van der Waals surface area contributed by atoms with Crippen LogP contribution in [0.1, 0.15) is 37.8 Å². The van der Waals surface area contributed by atoms with Gasteiger partial charge < -0.3 is 15.4 Å². The molecule has 0 saturated carbocycles. The maximum atomic E-state index is 13.8. The second-order valence-electron chi connectivity index (χ2n) is 7.95. The van der Waals surface area contributed by atoms with E-state index in [-0.39, 0.29) is 12.4 Å². The van der Waals surface area contributed by atoms with Crippen molar-refractivity contribution in [1.82, 2.24) is 5.32 Å². The number of anilines is 1. The van der Waals surface area contributed by atoms with Gasteiger partial charge in [0.1, 0.15) is 18.4 Å². The van der Waals surface area contributed by atoms with Gasteiger partial charge in [-0.15, -0.1) is 0 Å². The van der Waals surface area contributed by atoms with E-state index in [0.717, 1.165) is 29.8 Å². The number of aryl methyl sites for hydroxylation is 1. The van der Waals surface area contributed by atoms with E-state index in [1.807, 2.05) is 19.1 Å². The first kappa shape index (κ1) is 25.9. The minimum Gasteiger partial charge on any atom is -0.448 e. The van der Waals surface area contributed by atoms with Crippen molar-refractivity contribution >= 4 is 28.6 Å². The first-order chi connectivity index (χ1) is 16.3. The molecule has 34 heavy (non-hydrogen) atoms. The summed E-state index contributed by atoms with van der Waals surface area (Å²) in [7, 11) is 0. The molecule has 1 heterocycles. The quantitative estimate of drug-likeness (QED) is 0.287. The summed E-state index contributed by atoms with van der Waals surface area (Å²) < 4.78 is 33.0. The van der Waals surface area contributed by atoms with Crippen LogP contribution in [0.25, 0.3) is 0 Å². The topological polar surface area (TPSA) is 80.0 Å². The molecule has 0 spiro atoms. The van der Waals surface area contributed by atoms with Crippen LogP contribution in [0.15, 0.2) is 59.7 Å². The smallest absolute Gasteiger partial charge is 0.338 e. The van der Waals surface area contributed by atoms with Gasteiger partial charge in [0.15, 0.2) is 10.0 Å². The van der Waals surface area contributed by atoms with Gasteiger partial charge in [-0.2, -0.15) is 0 Å². The van der Waals surface area contributed by atoms with E-state index in [0.29, 0.717) is 31.1 Å². The molecule has 2 aromatic rings. The molecule has 0 fully saturated rings. The van der Waals surface area contributed by atoms with E-state index in [1.54, 1.807) is 17.2 Å². The summed E-state index contributed by atoms with van der Waals surface area (Å²) in [5.74, 6) is -1.98. The first-order valence-electron chi connectivity index (χ1n) is 11.2. The molecule has 0 aliphatic carbocycles. The highest BCUT2D eigenvalue weighted by molar-refractivity contribution is 8.15. The lowest BCUT2D eigenvalue weighted by Crippen LogP contribution is -2.49. The Morgan fingerprint density at radius 1 is 1.21 bits per heavy atom. The standard InChI is InChI=1S/C25H30F2N4O2S/c1-3-9-25(28,23(32)33-17-29-16-19-8-5-7-18(4-2)12-19)34-24-30-10-6-11-31(24)22-14-20(26)13-21(27)15-22/h5-8,10,12-15,29H,3-4,9,11,16-17,28H2,1-2H3/t25-/m0/s1. The summed E-state index contributed by atoms with van der Waals surface area (Å²) in [6.45, 7) is 4.90. The molecule has 1 aliphatic heterocycles. The molecule has 3 rings (SSSR count). The Kier molecular flexibility index (Phi) is 9.20. The minimum atomic E-state index is -1.41. The molecule has 9 heteroatoms. The maximum Gasteiger partial charge on any atom is 0.338 e. The van der Waals surface area contributed by atoms with Gasteiger partial charge in [0.05, 0.1) is 0 Å². The highest BCUT2D eigenvalue weighted by atomic mass is 32.2. The van der Waals surface area contributed by atoms with Crippen molar-refractivity contribution in [2.75, 3.05) is 18.2 Å². The number of carbonyl (C=O) groups excluding carboxylic acids is 1. The number of nitrogens with one attached hydrogen (secondary N) is 1. The van der Waals surface area contributed by atoms with Gasteiger partial charge in [-0.1, -0.05) is 56.3 Å². The van der Waals surface area contributed by atoms with E-state index in [1.165, 1.54) is 17.7 Å². The van der Waals surface area contributed by atoms with Crippen LogP contribution in [-0.2, 0) is 22.5 Å². The Hall–Kier alpha value is -2.75. The number of esters is 1. The zero-order chi connectivity index (χ0) is 24.6. The van der Waals surface area contributed by atoms with Crippen LogP contribution in [0.4, 0.5) is 14.5 Å². The van der Waals surface area contributed by atoms with Crippen molar-refractivity contribution in [3.8, 4) is 0 Å². The third-order valence-corrected chi connectivity index (χ3v) is 6.49. The lowest BCUT2D eigenvalue weighted by molar-refractivity contribution is -0.147. The molecule has 0 aromatic heterocycles. The fourth-order valence-electron chi connectivity index (χ4n) is 3.53. The molecule has 3 N–H and O–H groups in total. The number of rotatable bonds is 10. The Morgan fingerprint density at radius 2 is 1.94 bits per heavy atom. The Balaban J connectivity index is 1.65. The fraction of sp³-hybridized carbons (Fsp3) is 0.360. The van der Waals surface area contributed by atoms with Gasteiger partial charge in [0.2, 0.25) is 0 Å². The second-order valence-corrected chi connectivity index (χ2v) is 9.25. The second kappa shape index (κ2) is 12.1. The number of aliphatic imine (C=N–C) groups is 1. The number of benzene rings is 2. The maximum absolute atomic E-state index is 13.8. The average Bonchev–Trinajstić information content (AvgIpc) is 2.81. The molecule has 0 radical (unpaired) electrons. The van der Waals surface area contributed by atoms with E-state index in [9.17, 15) is 13.6 Å². The molecule has 0 amide bonds. The van der Waals surface area contributed by atoms with Crippen molar-refractivity contribution in [2.45, 2.75) is 44.5 Å². The van der Waals surface area contributed by atoms with Gasteiger partial charge in [0, 0.05) is 31.0 Å². The molecule has 0 unspecified atom stereocenters. The van der Waals surface area contributed by atoms with Crippen LogP contribution in [0.3, 0.4) is 0 Å². The number of thioether (sulfide) groups is 1. The monoisotopic (exact) mass is 488 g/mol. The van der Waals surface area contributed by atoms with Crippen molar-refractivity contribution < 1.29 is 18.3 Å². The molecule has 182 valence electrons. The number of ether oxygens (including phenoxy) is 1. The van der Waals surface area contributed by atoms with Crippen LogP contribution in [0, 0.1) is 11.6 Å². The highest BCUT2D eigenvalue weighted by Crippen LogP contribution is 2.33. The minimum absolute atomic E-state index is 0.00358.